The molecule has 1 aromatic carbocycles. The topological polar surface area (TPSA) is 29.5 Å². The minimum Gasteiger partial charge on any atom is -0.390 e. The molecule has 17 heavy (non-hydrogen) atoms. The summed E-state index contributed by atoms with van der Waals surface area (Å²) in [7, 11) is 0. The molecule has 0 aliphatic rings. The molecule has 0 atom stereocenters. The van der Waals surface area contributed by atoms with Crippen molar-refractivity contribution in [1.82, 2.24) is 4.57 Å². The molecule has 0 aliphatic carbocycles. The van der Waals surface area contributed by atoms with Crippen LogP contribution in [0.3, 0.4) is 0 Å². The molecular weight excluding hydrogens is 236 g/mol. The van der Waals surface area contributed by atoms with Crippen LogP contribution in [0.2, 0.25) is 5.02 Å². The van der Waals surface area contributed by atoms with Gasteiger partial charge in [-0.15, -0.1) is 0 Å². The highest BCUT2D eigenvalue weighted by Crippen LogP contribution is 2.24. The first-order valence-electron chi connectivity index (χ1n) is 5.48. The number of aliphatic hydroxyl groups is 1. The lowest BCUT2D eigenvalue weighted by molar-refractivity contribution is 0.271. The summed E-state index contributed by atoms with van der Waals surface area (Å²) in [5.74, 6) is 0. The molecule has 3 nitrogen and oxygen atoms in total. The van der Waals surface area contributed by atoms with E-state index in [0.29, 0.717) is 11.6 Å². The number of hydrogen-bond donors (Lipinski definition) is 1. The second-order valence-corrected chi connectivity index (χ2v) is 4.32. The van der Waals surface area contributed by atoms with Gasteiger partial charge in [0.1, 0.15) is 0 Å². The first-order chi connectivity index (χ1) is 8.26. The number of fused-ring (bicyclic) bond motifs is 1. The van der Waals surface area contributed by atoms with E-state index in [1.54, 1.807) is 0 Å². The SMILES string of the molecule is [C-]#[N+]CCCn1c(CO)cc2cc(Cl)ccc21. The molecule has 0 fully saturated rings. The molecular formula is C13H13ClN2O. The number of hydrogen-bond acceptors (Lipinski definition) is 1. The molecule has 0 amide bonds. The normalized spacial score (nSPS) is 10.6. The fourth-order valence-corrected chi connectivity index (χ4v) is 2.18. The lowest BCUT2D eigenvalue weighted by Crippen LogP contribution is -2.03. The Morgan fingerprint density at radius 2 is 2.18 bits per heavy atom. The van der Waals surface area contributed by atoms with Gasteiger partial charge in [0.05, 0.1) is 6.61 Å². The number of aryl methyl sites for hydroxylation is 1. The Hall–Kier alpha value is -1.50. The molecule has 1 heterocycles. The Morgan fingerprint density at radius 1 is 1.35 bits per heavy atom. The van der Waals surface area contributed by atoms with E-state index < -0.39 is 0 Å². The van der Waals surface area contributed by atoms with Crippen molar-refractivity contribution in [2.24, 2.45) is 0 Å². The largest absolute Gasteiger partial charge is 0.390 e. The fraction of sp³-hybridized carbons (Fsp3) is 0.308. The predicted molar refractivity (Wildman–Crippen MR) is 69.0 cm³/mol. The third-order valence-corrected chi connectivity index (χ3v) is 3.00. The highest BCUT2D eigenvalue weighted by atomic mass is 35.5. The first-order valence-corrected chi connectivity index (χ1v) is 5.86. The van der Waals surface area contributed by atoms with Gasteiger partial charge in [0, 0.05) is 34.6 Å². The van der Waals surface area contributed by atoms with Crippen LogP contribution in [-0.2, 0) is 13.2 Å². The van der Waals surface area contributed by atoms with Gasteiger partial charge in [0.2, 0.25) is 6.54 Å². The lowest BCUT2D eigenvalue weighted by Gasteiger charge is -2.07. The molecule has 88 valence electrons. The van der Waals surface area contributed by atoms with Crippen molar-refractivity contribution in [2.45, 2.75) is 19.6 Å². The average Bonchev–Trinajstić information content (AvgIpc) is 2.67. The van der Waals surface area contributed by atoms with Crippen LogP contribution in [0.25, 0.3) is 15.7 Å². The Kier molecular flexibility index (Phi) is 3.68. The lowest BCUT2D eigenvalue weighted by atomic mass is 10.2. The van der Waals surface area contributed by atoms with Gasteiger partial charge < -0.3 is 14.5 Å². The van der Waals surface area contributed by atoms with Crippen molar-refractivity contribution in [3.05, 3.63) is 46.4 Å². The van der Waals surface area contributed by atoms with E-state index >= 15 is 0 Å². The van der Waals surface area contributed by atoms with Gasteiger partial charge in [-0.3, -0.25) is 0 Å². The van der Waals surface area contributed by atoms with Crippen LogP contribution >= 0.6 is 11.6 Å². The Bertz CT molecular complexity index is 569. The van der Waals surface area contributed by atoms with Crippen molar-refractivity contribution >= 4 is 22.5 Å². The van der Waals surface area contributed by atoms with Crippen LogP contribution in [0.4, 0.5) is 0 Å². The summed E-state index contributed by atoms with van der Waals surface area (Å²) in [4.78, 5) is 3.34. The van der Waals surface area contributed by atoms with Gasteiger partial charge >= 0.3 is 0 Å². The molecule has 0 saturated carbocycles. The summed E-state index contributed by atoms with van der Waals surface area (Å²) in [5.41, 5.74) is 1.93. The highest BCUT2D eigenvalue weighted by molar-refractivity contribution is 6.31. The number of aromatic nitrogens is 1. The van der Waals surface area contributed by atoms with Crippen molar-refractivity contribution in [1.29, 1.82) is 0 Å². The third-order valence-electron chi connectivity index (χ3n) is 2.76. The highest BCUT2D eigenvalue weighted by Gasteiger charge is 2.08. The van der Waals surface area contributed by atoms with E-state index in [0.717, 1.165) is 29.6 Å². The monoisotopic (exact) mass is 248 g/mol. The minimum atomic E-state index is 0.00428. The molecule has 0 unspecified atom stereocenters. The number of benzene rings is 1. The van der Waals surface area contributed by atoms with Crippen LogP contribution in [0.5, 0.6) is 0 Å². The summed E-state index contributed by atoms with van der Waals surface area (Å²) in [5, 5.41) is 11.1. The number of rotatable bonds is 4. The van der Waals surface area contributed by atoms with E-state index in [2.05, 4.69) is 9.41 Å². The number of nitrogens with zero attached hydrogens (tertiary/aromatic N) is 2. The van der Waals surface area contributed by atoms with Gasteiger partial charge in [0.25, 0.3) is 0 Å². The van der Waals surface area contributed by atoms with Crippen LogP contribution in [0, 0.1) is 6.57 Å². The molecule has 1 aromatic heterocycles. The van der Waals surface area contributed by atoms with Gasteiger partial charge in [-0.05, 0) is 24.3 Å². The molecule has 0 saturated heterocycles. The standard InChI is InChI=1S/C13H13ClN2O/c1-15-5-2-6-16-12(9-17)8-10-7-11(14)3-4-13(10)16/h3-4,7-8,17H,2,5-6,9H2. The maximum Gasteiger partial charge on any atom is 0.216 e. The van der Waals surface area contributed by atoms with Gasteiger partial charge in [-0.2, -0.15) is 0 Å². The zero-order valence-electron chi connectivity index (χ0n) is 9.36. The van der Waals surface area contributed by atoms with Crippen LogP contribution in [0.15, 0.2) is 24.3 Å². The second-order valence-electron chi connectivity index (χ2n) is 3.88. The molecule has 1 N–H and O–H groups in total. The Balaban J connectivity index is 2.40. The van der Waals surface area contributed by atoms with E-state index in [-0.39, 0.29) is 6.61 Å². The van der Waals surface area contributed by atoms with Crippen molar-refractivity contribution in [3.63, 3.8) is 0 Å². The van der Waals surface area contributed by atoms with Crippen molar-refractivity contribution < 1.29 is 5.11 Å². The Labute approximate surface area is 105 Å². The van der Waals surface area contributed by atoms with E-state index in [9.17, 15) is 5.11 Å². The van der Waals surface area contributed by atoms with Gasteiger partial charge in [-0.25, -0.2) is 6.57 Å². The zero-order chi connectivity index (χ0) is 12.3. The molecule has 0 bridgehead atoms. The maximum absolute atomic E-state index is 9.33. The minimum absolute atomic E-state index is 0.00428. The molecule has 2 aromatic rings. The van der Waals surface area contributed by atoms with Gasteiger partial charge in [0.15, 0.2) is 0 Å². The number of aliphatic hydroxyl groups excluding tert-OH is 1. The van der Waals surface area contributed by atoms with Crippen LogP contribution < -0.4 is 0 Å². The van der Waals surface area contributed by atoms with E-state index in [4.69, 9.17) is 18.2 Å². The van der Waals surface area contributed by atoms with E-state index in [1.165, 1.54) is 0 Å². The molecule has 2 rings (SSSR count). The first kappa shape index (κ1) is 12.0. The summed E-state index contributed by atoms with van der Waals surface area (Å²) < 4.78 is 2.05. The number of halogens is 1. The van der Waals surface area contributed by atoms with Crippen molar-refractivity contribution in [3.8, 4) is 0 Å². The summed E-state index contributed by atoms with van der Waals surface area (Å²) in [6.07, 6.45) is 0.795. The molecule has 0 spiro atoms. The fourth-order valence-electron chi connectivity index (χ4n) is 2.00. The zero-order valence-corrected chi connectivity index (χ0v) is 10.1. The predicted octanol–water partition coefficient (Wildman–Crippen LogP) is 3.10. The summed E-state index contributed by atoms with van der Waals surface area (Å²) >= 11 is 5.94. The maximum atomic E-state index is 9.33. The Morgan fingerprint density at radius 3 is 2.88 bits per heavy atom. The quantitative estimate of drug-likeness (QED) is 0.654. The van der Waals surface area contributed by atoms with E-state index in [1.807, 2.05) is 24.3 Å². The molecule has 0 aliphatic heterocycles. The van der Waals surface area contributed by atoms with Crippen molar-refractivity contribution in [2.75, 3.05) is 6.54 Å². The second kappa shape index (κ2) is 5.22. The summed E-state index contributed by atoms with van der Waals surface area (Å²) in [6.45, 7) is 8.04. The van der Waals surface area contributed by atoms with Crippen LogP contribution in [-0.4, -0.2) is 16.2 Å². The van der Waals surface area contributed by atoms with Gasteiger partial charge in [-0.1, -0.05) is 11.6 Å². The third kappa shape index (κ3) is 2.44. The smallest absolute Gasteiger partial charge is 0.216 e. The van der Waals surface area contributed by atoms with Crippen LogP contribution in [0.1, 0.15) is 12.1 Å². The average molecular weight is 249 g/mol. The molecule has 0 radical (unpaired) electrons. The summed E-state index contributed by atoms with van der Waals surface area (Å²) in [6, 6.07) is 7.63. The molecule has 4 heteroatoms.